The minimum Gasteiger partial charge on any atom is -0.335 e. The molecule has 10 heteroatoms. The third-order valence-corrected chi connectivity index (χ3v) is 8.39. The van der Waals surface area contributed by atoms with Gasteiger partial charge in [-0.15, -0.1) is 0 Å². The average molecular weight is 472 g/mol. The first-order valence-corrected chi connectivity index (χ1v) is 12.7. The summed E-state index contributed by atoms with van der Waals surface area (Å²) in [6.07, 6.45) is 9.36. The highest BCUT2D eigenvalue weighted by atomic mass is 32.2. The van der Waals surface area contributed by atoms with Crippen molar-refractivity contribution in [1.82, 2.24) is 24.1 Å². The number of hydrogen-bond donors (Lipinski definition) is 0. The molecule has 0 N–H and O–H groups in total. The summed E-state index contributed by atoms with van der Waals surface area (Å²) in [7, 11) is -2.05. The molecule has 1 aromatic heterocycles. The zero-order valence-corrected chi connectivity index (χ0v) is 19.6. The van der Waals surface area contributed by atoms with Gasteiger partial charge in [0.15, 0.2) is 0 Å². The number of carbonyl (C=O) groups is 2. The molecule has 9 nitrogen and oxygen atoms in total. The first-order chi connectivity index (χ1) is 15.9. The Morgan fingerprint density at radius 2 is 1.64 bits per heavy atom. The van der Waals surface area contributed by atoms with Gasteiger partial charge in [0.25, 0.3) is 11.8 Å². The normalized spacial score (nSPS) is 17.9. The van der Waals surface area contributed by atoms with E-state index in [0.717, 1.165) is 32.1 Å². The lowest BCUT2D eigenvalue weighted by atomic mass is 9.96. The van der Waals surface area contributed by atoms with Gasteiger partial charge >= 0.3 is 0 Å². The second-order valence-corrected chi connectivity index (χ2v) is 10.5. The molecule has 1 aromatic carbocycles. The second-order valence-electron chi connectivity index (χ2n) is 8.52. The van der Waals surface area contributed by atoms with E-state index in [1.165, 1.54) is 29.0 Å². The summed E-state index contributed by atoms with van der Waals surface area (Å²) >= 11 is 0. The number of piperazine rings is 1. The van der Waals surface area contributed by atoms with Crippen LogP contribution in [0.5, 0.6) is 0 Å². The maximum atomic E-state index is 13.2. The largest absolute Gasteiger partial charge is 0.335 e. The van der Waals surface area contributed by atoms with Gasteiger partial charge < -0.3 is 9.80 Å². The molecule has 0 radical (unpaired) electrons. The topological polar surface area (TPSA) is 104 Å². The molecule has 0 spiro atoms. The second kappa shape index (κ2) is 9.96. The van der Waals surface area contributed by atoms with Crippen molar-refractivity contribution in [3.63, 3.8) is 0 Å². The number of rotatable bonds is 5. The van der Waals surface area contributed by atoms with Crippen LogP contribution in [0.15, 0.2) is 47.8 Å². The molecule has 2 fully saturated rings. The summed E-state index contributed by atoms with van der Waals surface area (Å²) in [6.45, 7) is 1.49. The third kappa shape index (κ3) is 5.06. The molecule has 0 bridgehead atoms. The SMILES string of the molecule is CN(C1CCCCC1)S(=O)(=O)c1cccc(C(=O)N2CCN(C(=O)c3cnccn3)CC2)c1. The molecule has 0 unspecified atom stereocenters. The van der Waals surface area contributed by atoms with Crippen molar-refractivity contribution in [2.24, 2.45) is 0 Å². The zero-order chi connectivity index (χ0) is 23.4. The molecule has 1 aliphatic heterocycles. The minimum absolute atomic E-state index is 0.00280. The lowest BCUT2D eigenvalue weighted by Crippen LogP contribution is -2.50. The maximum Gasteiger partial charge on any atom is 0.274 e. The highest BCUT2D eigenvalue weighted by molar-refractivity contribution is 7.89. The highest BCUT2D eigenvalue weighted by Gasteiger charge is 2.31. The Balaban J connectivity index is 1.42. The minimum atomic E-state index is -3.68. The molecular weight excluding hydrogens is 442 g/mol. The summed E-state index contributed by atoms with van der Waals surface area (Å²) in [5.41, 5.74) is 0.610. The monoisotopic (exact) mass is 471 g/mol. The van der Waals surface area contributed by atoms with Crippen LogP contribution >= 0.6 is 0 Å². The van der Waals surface area contributed by atoms with Crippen LogP contribution in [-0.4, -0.2) is 83.6 Å². The van der Waals surface area contributed by atoms with Gasteiger partial charge in [-0.1, -0.05) is 25.3 Å². The molecule has 2 aromatic rings. The number of nitrogens with zero attached hydrogens (tertiary/aromatic N) is 5. The molecule has 4 rings (SSSR count). The van der Waals surface area contributed by atoms with E-state index in [2.05, 4.69) is 9.97 Å². The molecular formula is C23H29N5O4S. The lowest BCUT2D eigenvalue weighted by molar-refractivity contribution is 0.0532. The molecule has 2 aliphatic rings. The van der Waals surface area contributed by atoms with E-state index in [4.69, 9.17) is 0 Å². The number of benzene rings is 1. The average Bonchev–Trinajstić information content (AvgIpc) is 2.88. The highest BCUT2D eigenvalue weighted by Crippen LogP contribution is 2.27. The smallest absolute Gasteiger partial charge is 0.274 e. The Labute approximate surface area is 194 Å². The number of carbonyl (C=O) groups excluding carboxylic acids is 2. The van der Waals surface area contributed by atoms with Crippen molar-refractivity contribution in [1.29, 1.82) is 0 Å². The molecule has 1 saturated carbocycles. The standard InChI is InChI=1S/C23H29N5O4S/c1-26(19-7-3-2-4-8-19)33(31,32)20-9-5-6-18(16-20)22(29)27-12-14-28(15-13-27)23(30)21-17-24-10-11-25-21/h5-6,9-11,16-17,19H,2-4,7-8,12-15H2,1H3. The van der Waals surface area contributed by atoms with Gasteiger partial charge in [-0.05, 0) is 31.0 Å². The predicted molar refractivity (Wildman–Crippen MR) is 122 cm³/mol. The van der Waals surface area contributed by atoms with Crippen LogP contribution in [0, 0.1) is 0 Å². The van der Waals surface area contributed by atoms with Crippen molar-refractivity contribution in [3.05, 3.63) is 54.1 Å². The van der Waals surface area contributed by atoms with Gasteiger partial charge in [0.05, 0.1) is 11.1 Å². The summed E-state index contributed by atoms with van der Waals surface area (Å²) in [6, 6.07) is 6.27. The fraction of sp³-hybridized carbons (Fsp3) is 0.478. The molecule has 1 aliphatic carbocycles. The van der Waals surface area contributed by atoms with Crippen LogP contribution in [-0.2, 0) is 10.0 Å². The van der Waals surface area contributed by atoms with Crippen molar-refractivity contribution in [2.75, 3.05) is 33.2 Å². The summed E-state index contributed by atoms with van der Waals surface area (Å²) in [5, 5.41) is 0. The Morgan fingerprint density at radius 1 is 0.970 bits per heavy atom. The van der Waals surface area contributed by atoms with Gasteiger partial charge in [-0.2, -0.15) is 4.31 Å². The molecule has 1 saturated heterocycles. The summed E-state index contributed by atoms with van der Waals surface area (Å²) < 4.78 is 27.8. The molecule has 33 heavy (non-hydrogen) atoms. The van der Waals surface area contributed by atoms with Gasteiger partial charge in [0.2, 0.25) is 10.0 Å². The van der Waals surface area contributed by atoms with E-state index < -0.39 is 10.0 Å². The summed E-state index contributed by atoms with van der Waals surface area (Å²) in [5.74, 6) is -0.451. The van der Waals surface area contributed by atoms with Crippen LogP contribution in [0.4, 0.5) is 0 Å². The van der Waals surface area contributed by atoms with Crippen LogP contribution < -0.4 is 0 Å². The fourth-order valence-corrected chi connectivity index (χ4v) is 5.93. The number of aromatic nitrogens is 2. The van der Waals surface area contributed by atoms with Gasteiger partial charge in [0.1, 0.15) is 5.69 Å². The predicted octanol–water partition coefficient (Wildman–Crippen LogP) is 2.03. The van der Waals surface area contributed by atoms with Gasteiger partial charge in [-0.25, -0.2) is 13.4 Å². The lowest BCUT2D eigenvalue weighted by Gasteiger charge is -2.34. The Morgan fingerprint density at radius 3 is 2.27 bits per heavy atom. The van der Waals surface area contributed by atoms with Crippen LogP contribution in [0.3, 0.4) is 0 Å². The van der Waals surface area contributed by atoms with Crippen LogP contribution in [0.25, 0.3) is 0 Å². The van der Waals surface area contributed by atoms with E-state index in [-0.39, 0.29) is 28.4 Å². The number of sulfonamides is 1. The molecule has 0 atom stereocenters. The molecule has 176 valence electrons. The van der Waals surface area contributed by atoms with Crippen molar-refractivity contribution in [3.8, 4) is 0 Å². The van der Waals surface area contributed by atoms with E-state index >= 15 is 0 Å². The van der Waals surface area contributed by atoms with E-state index in [0.29, 0.717) is 31.7 Å². The van der Waals surface area contributed by atoms with Crippen LogP contribution in [0.2, 0.25) is 0 Å². The molecule has 2 amide bonds. The van der Waals surface area contributed by atoms with E-state index in [1.807, 2.05) is 0 Å². The quantitative estimate of drug-likeness (QED) is 0.661. The number of amides is 2. The summed E-state index contributed by atoms with van der Waals surface area (Å²) in [4.78, 5) is 37.0. The number of hydrogen-bond acceptors (Lipinski definition) is 6. The van der Waals surface area contributed by atoms with Gasteiger partial charge in [0, 0.05) is 57.2 Å². The van der Waals surface area contributed by atoms with Crippen molar-refractivity contribution >= 4 is 21.8 Å². The van der Waals surface area contributed by atoms with Crippen LogP contribution in [0.1, 0.15) is 53.0 Å². The molecule has 2 heterocycles. The maximum absolute atomic E-state index is 13.2. The van der Waals surface area contributed by atoms with E-state index in [9.17, 15) is 18.0 Å². The van der Waals surface area contributed by atoms with Gasteiger partial charge in [-0.3, -0.25) is 14.6 Å². The first-order valence-electron chi connectivity index (χ1n) is 11.3. The third-order valence-electron chi connectivity index (χ3n) is 6.48. The van der Waals surface area contributed by atoms with Crippen molar-refractivity contribution < 1.29 is 18.0 Å². The Hall–Kier alpha value is -2.85. The zero-order valence-electron chi connectivity index (χ0n) is 18.8. The van der Waals surface area contributed by atoms with E-state index in [1.54, 1.807) is 35.0 Å². The fourth-order valence-electron chi connectivity index (χ4n) is 4.46. The first kappa shape index (κ1) is 23.3. The Kier molecular flexibility index (Phi) is 7.04. The van der Waals surface area contributed by atoms with Crippen molar-refractivity contribution in [2.45, 2.75) is 43.0 Å². The Bertz CT molecular complexity index is 1090.